The Balaban J connectivity index is 1.04. The van der Waals surface area contributed by atoms with Gasteiger partial charge in [0.1, 0.15) is 0 Å². The third kappa shape index (κ3) is 6.48. The Bertz CT molecular complexity index is 3890. The van der Waals surface area contributed by atoms with Gasteiger partial charge in [0.25, 0.3) is 0 Å². The van der Waals surface area contributed by atoms with Gasteiger partial charge in [0, 0.05) is 16.9 Å². The van der Waals surface area contributed by atoms with Crippen molar-refractivity contribution in [3.63, 3.8) is 0 Å². The van der Waals surface area contributed by atoms with Crippen molar-refractivity contribution in [2.75, 3.05) is 4.90 Å². The van der Waals surface area contributed by atoms with Gasteiger partial charge in [-0.15, -0.1) is 0 Å². The SMILES string of the molecule is C1=CCC(C2(c3ccccc3)c3ccccc3-c3c(N(c4ccc(-c5ccc6ccccc6c5-c5ccccc5)cc4)c4ccc5c(c4)C(c4ccccc4)(c4ccccc4)c4ccccc4-5)cccc32)C=C1. The molecule has 0 saturated carbocycles. The third-order valence-electron chi connectivity index (χ3n) is 16.2. The maximum Gasteiger partial charge on any atom is 0.0714 e. The molecule has 1 heteroatoms. The van der Waals surface area contributed by atoms with Gasteiger partial charge in [0.2, 0.25) is 0 Å². The van der Waals surface area contributed by atoms with Crippen molar-refractivity contribution in [1.29, 1.82) is 0 Å². The maximum absolute atomic E-state index is 2.56. The normalized spacial score (nSPS) is 16.6. The third-order valence-corrected chi connectivity index (χ3v) is 16.2. The number of fused-ring (bicyclic) bond motifs is 7. The molecule has 0 fully saturated rings. The monoisotopic (exact) mass is 929 g/mol. The van der Waals surface area contributed by atoms with E-state index in [1.54, 1.807) is 0 Å². The first-order valence-electron chi connectivity index (χ1n) is 25.7. The van der Waals surface area contributed by atoms with Crippen LogP contribution >= 0.6 is 0 Å². The Kier molecular flexibility index (Phi) is 10.2. The lowest BCUT2D eigenvalue weighted by molar-refractivity contribution is 0.457. The molecule has 0 amide bonds. The summed E-state index contributed by atoms with van der Waals surface area (Å²) >= 11 is 0. The number of allylic oxidation sites excluding steroid dienone is 4. The summed E-state index contributed by atoms with van der Waals surface area (Å²) in [4.78, 5) is 2.56. The second-order valence-corrected chi connectivity index (χ2v) is 19.8. The molecule has 0 radical (unpaired) electrons. The van der Waals surface area contributed by atoms with Crippen LogP contribution in [0.4, 0.5) is 17.1 Å². The van der Waals surface area contributed by atoms with Crippen molar-refractivity contribution in [3.05, 3.63) is 330 Å². The first kappa shape index (κ1) is 42.8. The van der Waals surface area contributed by atoms with Crippen molar-refractivity contribution in [2.24, 2.45) is 5.92 Å². The highest BCUT2D eigenvalue weighted by Crippen LogP contribution is 2.62. The molecule has 0 heterocycles. The van der Waals surface area contributed by atoms with Crippen molar-refractivity contribution in [2.45, 2.75) is 17.3 Å². The van der Waals surface area contributed by atoms with E-state index in [0.29, 0.717) is 0 Å². The minimum absolute atomic E-state index is 0.210. The Hall–Kier alpha value is -9.04. The summed E-state index contributed by atoms with van der Waals surface area (Å²) in [5.41, 5.74) is 21.4. The van der Waals surface area contributed by atoms with E-state index in [-0.39, 0.29) is 5.92 Å². The topological polar surface area (TPSA) is 3.24 Å². The summed E-state index contributed by atoms with van der Waals surface area (Å²) < 4.78 is 0. The molecule has 0 aromatic heterocycles. The molecular weight excluding hydrogens is 879 g/mol. The molecule has 0 saturated heterocycles. The zero-order chi connectivity index (χ0) is 48.3. The molecule has 3 aliphatic carbocycles. The lowest BCUT2D eigenvalue weighted by atomic mass is 9.62. The molecule has 3 aliphatic rings. The van der Waals surface area contributed by atoms with Crippen LogP contribution in [-0.2, 0) is 10.8 Å². The van der Waals surface area contributed by atoms with E-state index in [4.69, 9.17) is 0 Å². The van der Waals surface area contributed by atoms with E-state index in [2.05, 4.69) is 296 Å². The van der Waals surface area contributed by atoms with Crippen LogP contribution in [0, 0.1) is 5.92 Å². The average Bonchev–Trinajstić information content (AvgIpc) is 3.95. The fraction of sp³-hybridized carbons (Fsp3) is 0.0556. The van der Waals surface area contributed by atoms with Gasteiger partial charge in [-0.1, -0.05) is 261 Å². The summed E-state index contributed by atoms with van der Waals surface area (Å²) in [6, 6.07) is 99.8. The van der Waals surface area contributed by atoms with E-state index < -0.39 is 10.8 Å². The van der Waals surface area contributed by atoms with Gasteiger partial charge in [0.05, 0.1) is 16.5 Å². The van der Waals surface area contributed by atoms with Crippen molar-refractivity contribution in [3.8, 4) is 44.5 Å². The van der Waals surface area contributed by atoms with Gasteiger partial charge in [-0.05, 0) is 131 Å². The number of anilines is 3. The lowest BCUT2D eigenvalue weighted by Crippen LogP contribution is -2.35. The van der Waals surface area contributed by atoms with Crippen LogP contribution in [0.15, 0.2) is 291 Å². The Morgan fingerprint density at radius 3 is 1.64 bits per heavy atom. The van der Waals surface area contributed by atoms with Gasteiger partial charge < -0.3 is 4.90 Å². The fourth-order valence-electron chi connectivity index (χ4n) is 13.3. The lowest BCUT2D eigenvalue weighted by Gasteiger charge is -2.40. The summed E-state index contributed by atoms with van der Waals surface area (Å²) in [7, 11) is 0. The second-order valence-electron chi connectivity index (χ2n) is 19.8. The summed E-state index contributed by atoms with van der Waals surface area (Å²) in [6.45, 7) is 0. The molecule has 0 bridgehead atoms. The molecule has 1 nitrogen and oxygen atoms in total. The highest BCUT2D eigenvalue weighted by molar-refractivity contribution is 6.05. The van der Waals surface area contributed by atoms with Crippen LogP contribution in [0.5, 0.6) is 0 Å². The van der Waals surface area contributed by atoms with E-state index in [1.165, 1.54) is 94.2 Å². The van der Waals surface area contributed by atoms with Gasteiger partial charge >= 0.3 is 0 Å². The van der Waals surface area contributed by atoms with E-state index in [1.807, 2.05) is 0 Å². The van der Waals surface area contributed by atoms with Crippen LogP contribution in [0.3, 0.4) is 0 Å². The van der Waals surface area contributed by atoms with Crippen molar-refractivity contribution >= 4 is 27.8 Å². The molecule has 0 N–H and O–H groups in total. The van der Waals surface area contributed by atoms with Crippen LogP contribution < -0.4 is 4.90 Å². The van der Waals surface area contributed by atoms with Crippen LogP contribution in [0.25, 0.3) is 55.3 Å². The van der Waals surface area contributed by atoms with Crippen molar-refractivity contribution < 1.29 is 0 Å². The fourth-order valence-corrected chi connectivity index (χ4v) is 13.3. The first-order valence-corrected chi connectivity index (χ1v) is 25.7. The number of benzene rings is 11. The Morgan fingerprint density at radius 1 is 0.356 bits per heavy atom. The highest BCUT2D eigenvalue weighted by Gasteiger charge is 2.51. The van der Waals surface area contributed by atoms with E-state index >= 15 is 0 Å². The van der Waals surface area contributed by atoms with E-state index in [0.717, 1.165) is 23.5 Å². The van der Waals surface area contributed by atoms with Gasteiger partial charge in [-0.25, -0.2) is 0 Å². The quantitative estimate of drug-likeness (QED) is 0.139. The van der Waals surface area contributed by atoms with Gasteiger partial charge in [-0.2, -0.15) is 0 Å². The Labute approximate surface area is 428 Å². The average molecular weight is 930 g/mol. The molecule has 0 spiro atoms. The Morgan fingerprint density at radius 2 is 0.932 bits per heavy atom. The van der Waals surface area contributed by atoms with Gasteiger partial charge in [0.15, 0.2) is 0 Å². The zero-order valence-electron chi connectivity index (χ0n) is 40.4. The largest absolute Gasteiger partial charge is 0.310 e. The zero-order valence-corrected chi connectivity index (χ0v) is 40.4. The summed E-state index contributed by atoms with van der Waals surface area (Å²) in [6.07, 6.45) is 10.2. The van der Waals surface area contributed by atoms with Crippen molar-refractivity contribution in [1.82, 2.24) is 0 Å². The van der Waals surface area contributed by atoms with Crippen LogP contribution in [0.2, 0.25) is 0 Å². The molecule has 344 valence electrons. The molecule has 14 rings (SSSR count). The highest BCUT2D eigenvalue weighted by atomic mass is 15.1. The summed E-state index contributed by atoms with van der Waals surface area (Å²) in [5.74, 6) is 0.210. The molecule has 0 aliphatic heterocycles. The maximum atomic E-state index is 2.56. The summed E-state index contributed by atoms with van der Waals surface area (Å²) in [5, 5.41) is 2.48. The molecule has 2 atom stereocenters. The molecule has 2 unspecified atom stereocenters. The molecule has 11 aromatic rings. The van der Waals surface area contributed by atoms with Crippen LogP contribution in [-0.4, -0.2) is 0 Å². The van der Waals surface area contributed by atoms with E-state index in [9.17, 15) is 0 Å². The molecule has 73 heavy (non-hydrogen) atoms. The number of rotatable bonds is 9. The predicted octanol–water partition coefficient (Wildman–Crippen LogP) is 18.5. The number of hydrogen-bond acceptors (Lipinski definition) is 1. The molecule has 11 aromatic carbocycles. The van der Waals surface area contributed by atoms with Gasteiger partial charge in [-0.3, -0.25) is 0 Å². The van der Waals surface area contributed by atoms with Crippen LogP contribution in [0.1, 0.15) is 45.4 Å². The number of hydrogen-bond donors (Lipinski definition) is 0. The number of nitrogens with zero attached hydrogens (tertiary/aromatic N) is 1. The minimum atomic E-state index is -0.557. The standard InChI is InChI=1S/C72H51N/c1-6-24-52(25-7-1)69-59-34-17-16-23-50(59)43-47-60(69)51-41-44-57(45-42-51)73(58-46-48-62-61-35-18-20-37-64(61)72(67(62)49-58,55-30-12-4-13-31-55)56-32-14-5-15-33-56)68-40-22-39-66-70(68)63-36-19-21-38-65(63)71(66,53-26-8-2-9-27-53)54-28-10-3-11-29-54/h1-28,30-49,54H,29H2. The molecular formula is C72H51N. The second kappa shape index (κ2) is 17.4. The first-order chi connectivity index (χ1) is 36.2. The smallest absolute Gasteiger partial charge is 0.0714 e. The predicted molar refractivity (Wildman–Crippen MR) is 305 cm³/mol. The minimum Gasteiger partial charge on any atom is -0.310 e.